The summed E-state index contributed by atoms with van der Waals surface area (Å²) in [6, 6.07) is 2.16. The highest BCUT2D eigenvalue weighted by Crippen LogP contribution is 2.26. The van der Waals surface area contributed by atoms with Crippen molar-refractivity contribution in [2.45, 2.75) is 39.5 Å². The van der Waals surface area contributed by atoms with Crippen LogP contribution in [0, 0.1) is 0 Å². The Hall–Kier alpha value is -1.20. The minimum absolute atomic E-state index is 0.431. The van der Waals surface area contributed by atoms with Crippen molar-refractivity contribution in [2.24, 2.45) is 5.73 Å². The maximum absolute atomic E-state index is 5.93. The Balaban J connectivity index is 2.32. The summed E-state index contributed by atoms with van der Waals surface area (Å²) in [7, 11) is 0. The third kappa shape index (κ3) is 3.92. The van der Waals surface area contributed by atoms with Crippen molar-refractivity contribution in [1.82, 2.24) is 4.98 Å². The van der Waals surface area contributed by atoms with E-state index < -0.39 is 0 Å². The molecule has 0 bridgehead atoms. The van der Waals surface area contributed by atoms with E-state index >= 15 is 0 Å². The Morgan fingerprint density at radius 3 is 2.81 bits per heavy atom. The van der Waals surface area contributed by atoms with Crippen molar-refractivity contribution in [3.05, 3.63) is 22.9 Å². The molecule has 2 rings (SSSR count). The van der Waals surface area contributed by atoms with Crippen LogP contribution < -0.4 is 10.6 Å². The number of likely N-dealkylation sites (N-methyl/N-ethyl adjacent to an activating group) is 1. The number of aryl methyl sites for hydroxylation is 2. The van der Waals surface area contributed by atoms with Gasteiger partial charge in [0.2, 0.25) is 0 Å². The van der Waals surface area contributed by atoms with Gasteiger partial charge in [-0.3, -0.25) is 0 Å². The standard InChI is InChI=1S/C16H25N3OS/c1-3-19(9-10-20-4-2)16-13(15(17)21)11-12-7-5-6-8-14(12)18-16/h11H,3-10H2,1-2H3,(H2,17,21). The van der Waals surface area contributed by atoms with Gasteiger partial charge in [-0.2, -0.15) is 0 Å². The predicted octanol–water partition coefficient (Wildman–Crippen LogP) is 2.46. The lowest BCUT2D eigenvalue weighted by molar-refractivity contribution is 0.154. The number of pyridine rings is 1. The van der Waals surface area contributed by atoms with Gasteiger partial charge in [-0.1, -0.05) is 12.2 Å². The van der Waals surface area contributed by atoms with Crippen LogP contribution in [0.25, 0.3) is 0 Å². The average Bonchev–Trinajstić information content (AvgIpc) is 2.50. The minimum Gasteiger partial charge on any atom is -0.389 e. The molecule has 1 aliphatic carbocycles. The quantitative estimate of drug-likeness (QED) is 0.619. The molecule has 4 nitrogen and oxygen atoms in total. The van der Waals surface area contributed by atoms with Crippen molar-refractivity contribution in [1.29, 1.82) is 0 Å². The number of anilines is 1. The molecular weight excluding hydrogens is 282 g/mol. The average molecular weight is 307 g/mol. The molecule has 116 valence electrons. The molecule has 0 saturated heterocycles. The Bertz CT molecular complexity index is 505. The Morgan fingerprint density at radius 2 is 2.14 bits per heavy atom. The highest BCUT2D eigenvalue weighted by Gasteiger charge is 2.19. The third-order valence-electron chi connectivity index (χ3n) is 3.94. The molecule has 0 atom stereocenters. The van der Waals surface area contributed by atoms with Gasteiger partial charge >= 0.3 is 0 Å². The molecule has 1 aliphatic rings. The summed E-state index contributed by atoms with van der Waals surface area (Å²) in [6.07, 6.45) is 4.59. The van der Waals surface area contributed by atoms with Crippen LogP contribution in [0.15, 0.2) is 6.07 Å². The van der Waals surface area contributed by atoms with Crippen LogP contribution >= 0.6 is 12.2 Å². The predicted molar refractivity (Wildman–Crippen MR) is 91.1 cm³/mol. The smallest absolute Gasteiger partial charge is 0.139 e. The van der Waals surface area contributed by atoms with Crippen LogP contribution in [0.2, 0.25) is 0 Å². The highest BCUT2D eigenvalue weighted by atomic mass is 32.1. The highest BCUT2D eigenvalue weighted by molar-refractivity contribution is 7.80. The van der Waals surface area contributed by atoms with E-state index in [4.69, 9.17) is 27.7 Å². The van der Waals surface area contributed by atoms with Gasteiger partial charge in [-0.15, -0.1) is 0 Å². The number of nitrogens with zero attached hydrogens (tertiary/aromatic N) is 2. The zero-order valence-electron chi connectivity index (χ0n) is 13.0. The van der Waals surface area contributed by atoms with Gasteiger partial charge in [0.25, 0.3) is 0 Å². The fraction of sp³-hybridized carbons (Fsp3) is 0.625. The lowest BCUT2D eigenvalue weighted by Crippen LogP contribution is -2.31. The molecule has 0 aliphatic heterocycles. The van der Waals surface area contributed by atoms with Crippen LogP contribution in [0.1, 0.15) is 43.5 Å². The first kappa shape index (κ1) is 16.2. The molecular formula is C16H25N3OS. The number of nitrogens with two attached hydrogens (primary N) is 1. The fourth-order valence-corrected chi connectivity index (χ4v) is 2.93. The van der Waals surface area contributed by atoms with Crippen molar-refractivity contribution < 1.29 is 4.74 Å². The van der Waals surface area contributed by atoms with Crippen molar-refractivity contribution >= 4 is 23.0 Å². The molecule has 0 saturated carbocycles. The van der Waals surface area contributed by atoms with Gasteiger partial charge in [-0.25, -0.2) is 4.98 Å². The molecule has 1 aromatic heterocycles. The maximum atomic E-state index is 5.93. The van der Waals surface area contributed by atoms with Crippen LogP contribution in [0.4, 0.5) is 5.82 Å². The second kappa shape index (κ2) is 7.71. The van der Waals surface area contributed by atoms with Crippen molar-refractivity contribution in [3.63, 3.8) is 0 Å². The first-order valence-electron chi connectivity index (χ1n) is 7.82. The van der Waals surface area contributed by atoms with Gasteiger partial charge in [0, 0.05) is 25.4 Å². The van der Waals surface area contributed by atoms with Gasteiger partial charge < -0.3 is 15.4 Å². The fourth-order valence-electron chi connectivity index (χ4n) is 2.78. The number of rotatable bonds is 7. The molecule has 0 unspecified atom stereocenters. The number of ether oxygens (including phenoxy) is 1. The Kier molecular flexibility index (Phi) is 5.94. The summed E-state index contributed by atoms with van der Waals surface area (Å²) in [4.78, 5) is 7.53. The molecule has 0 radical (unpaired) electrons. The molecule has 0 fully saturated rings. The summed E-state index contributed by atoms with van der Waals surface area (Å²) in [5.74, 6) is 0.922. The van der Waals surface area contributed by atoms with E-state index in [1.165, 1.54) is 24.1 Å². The van der Waals surface area contributed by atoms with E-state index in [-0.39, 0.29) is 0 Å². The summed E-state index contributed by atoms with van der Waals surface area (Å²) in [5, 5.41) is 0. The number of fused-ring (bicyclic) bond motifs is 1. The van der Waals surface area contributed by atoms with E-state index in [0.29, 0.717) is 11.6 Å². The van der Waals surface area contributed by atoms with E-state index in [1.807, 2.05) is 6.92 Å². The Morgan fingerprint density at radius 1 is 1.38 bits per heavy atom. The molecule has 5 heteroatoms. The van der Waals surface area contributed by atoms with E-state index in [0.717, 1.165) is 43.9 Å². The van der Waals surface area contributed by atoms with E-state index in [9.17, 15) is 0 Å². The lowest BCUT2D eigenvalue weighted by atomic mass is 9.94. The maximum Gasteiger partial charge on any atom is 0.139 e. The number of hydrogen-bond donors (Lipinski definition) is 1. The lowest BCUT2D eigenvalue weighted by Gasteiger charge is -2.27. The number of aromatic nitrogens is 1. The molecule has 1 heterocycles. The van der Waals surface area contributed by atoms with Crippen LogP contribution in [0.5, 0.6) is 0 Å². The van der Waals surface area contributed by atoms with Crippen LogP contribution in [-0.2, 0) is 17.6 Å². The van der Waals surface area contributed by atoms with Gasteiger partial charge in [0.1, 0.15) is 10.8 Å². The zero-order valence-corrected chi connectivity index (χ0v) is 13.8. The van der Waals surface area contributed by atoms with Crippen LogP contribution in [0.3, 0.4) is 0 Å². The second-order valence-electron chi connectivity index (χ2n) is 5.31. The summed E-state index contributed by atoms with van der Waals surface area (Å²) < 4.78 is 5.47. The SMILES string of the molecule is CCOCCN(CC)c1nc2c(cc1C(N)=S)CCCC2. The number of hydrogen-bond acceptors (Lipinski definition) is 4. The zero-order chi connectivity index (χ0) is 15.2. The minimum atomic E-state index is 0.431. The molecule has 21 heavy (non-hydrogen) atoms. The molecule has 2 N–H and O–H groups in total. The normalized spacial score (nSPS) is 13.8. The molecule has 0 aromatic carbocycles. The second-order valence-corrected chi connectivity index (χ2v) is 5.75. The van der Waals surface area contributed by atoms with Crippen molar-refractivity contribution in [2.75, 3.05) is 31.2 Å². The summed E-state index contributed by atoms with van der Waals surface area (Å²) in [5.41, 5.74) is 9.36. The molecule has 0 amide bonds. The summed E-state index contributed by atoms with van der Waals surface area (Å²) >= 11 is 5.24. The van der Waals surface area contributed by atoms with Crippen molar-refractivity contribution in [3.8, 4) is 0 Å². The monoisotopic (exact) mass is 307 g/mol. The first-order valence-corrected chi connectivity index (χ1v) is 8.23. The van der Waals surface area contributed by atoms with Crippen LogP contribution in [-0.4, -0.2) is 36.3 Å². The largest absolute Gasteiger partial charge is 0.389 e. The Labute approximate surface area is 132 Å². The first-order chi connectivity index (χ1) is 10.2. The van der Waals surface area contributed by atoms with E-state index in [2.05, 4.69) is 17.9 Å². The van der Waals surface area contributed by atoms with Gasteiger partial charge in [0.15, 0.2) is 0 Å². The van der Waals surface area contributed by atoms with Gasteiger partial charge in [0.05, 0.1) is 12.2 Å². The van der Waals surface area contributed by atoms with Gasteiger partial charge in [-0.05, 0) is 51.2 Å². The van der Waals surface area contributed by atoms with E-state index in [1.54, 1.807) is 0 Å². The summed E-state index contributed by atoms with van der Waals surface area (Å²) in [6.45, 7) is 7.24. The third-order valence-corrected chi connectivity index (χ3v) is 4.16. The molecule has 1 aromatic rings. The molecule has 0 spiro atoms. The number of thiocarbonyl (C=S) groups is 1. The topological polar surface area (TPSA) is 51.4 Å².